The van der Waals surface area contributed by atoms with Crippen molar-refractivity contribution in [1.82, 2.24) is 14.5 Å². The molecule has 1 N–H and O–H groups in total. The number of thioether (sulfide) groups is 1. The van der Waals surface area contributed by atoms with Gasteiger partial charge >= 0.3 is 0 Å². The summed E-state index contributed by atoms with van der Waals surface area (Å²) >= 11 is 1.36. The lowest BCUT2D eigenvalue weighted by molar-refractivity contribution is -0.134. The molecule has 0 spiro atoms. The van der Waals surface area contributed by atoms with E-state index in [1.54, 1.807) is 0 Å². The molecule has 2 aromatic carbocycles. The Morgan fingerprint density at radius 2 is 1.74 bits per heavy atom. The van der Waals surface area contributed by atoms with Crippen molar-refractivity contribution in [3.63, 3.8) is 0 Å². The number of fused-ring (bicyclic) bond motifs is 1. The molecule has 2 atom stereocenters. The maximum Gasteiger partial charge on any atom is 0.242 e. The molecule has 8 heteroatoms. The second-order valence-corrected chi connectivity index (χ2v) is 10.4. The first-order valence-electron chi connectivity index (χ1n) is 11.7. The van der Waals surface area contributed by atoms with Crippen molar-refractivity contribution in [2.75, 3.05) is 43.2 Å². The predicted octanol–water partition coefficient (Wildman–Crippen LogP) is 4.34. The van der Waals surface area contributed by atoms with E-state index in [4.69, 9.17) is 4.98 Å². The summed E-state index contributed by atoms with van der Waals surface area (Å²) < 4.78 is 1.95. The Morgan fingerprint density at radius 1 is 1.06 bits per heavy atom. The molecule has 0 bridgehead atoms. The number of imidazole rings is 1. The van der Waals surface area contributed by atoms with Crippen LogP contribution in [0.2, 0.25) is 0 Å². The van der Waals surface area contributed by atoms with Crippen molar-refractivity contribution in [1.29, 1.82) is 0 Å². The van der Waals surface area contributed by atoms with Crippen LogP contribution in [0, 0.1) is 11.8 Å². The highest BCUT2D eigenvalue weighted by Crippen LogP contribution is 2.26. The average molecular weight is 480 g/mol. The van der Waals surface area contributed by atoms with Crippen LogP contribution in [0.1, 0.15) is 20.3 Å². The second kappa shape index (κ2) is 10.5. The molecule has 0 unspecified atom stereocenters. The zero-order chi connectivity index (χ0) is 24.2. The zero-order valence-electron chi connectivity index (χ0n) is 20.3. The van der Waals surface area contributed by atoms with Crippen LogP contribution in [0.25, 0.3) is 11.0 Å². The number of aromatic nitrogens is 2. The molecule has 4 rings (SSSR count). The largest absolute Gasteiger partial charge is 0.378 e. The summed E-state index contributed by atoms with van der Waals surface area (Å²) in [6.45, 7) is 6.24. The molecule has 0 aliphatic carbocycles. The number of para-hydroxylation sites is 2. The van der Waals surface area contributed by atoms with Crippen LogP contribution in [0.5, 0.6) is 0 Å². The molecule has 34 heavy (non-hydrogen) atoms. The number of nitrogens with zero attached hydrogens (tertiary/aromatic N) is 4. The number of anilines is 2. The summed E-state index contributed by atoms with van der Waals surface area (Å²) in [6, 6.07) is 15.5. The Hall–Kier alpha value is -3.00. The van der Waals surface area contributed by atoms with Gasteiger partial charge in [0.15, 0.2) is 5.16 Å². The highest BCUT2D eigenvalue weighted by molar-refractivity contribution is 7.99. The van der Waals surface area contributed by atoms with Crippen molar-refractivity contribution in [2.24, 2.45) is 11.8 Å². The lowest BCUT2D eigenvalue weighted by atomic mass is 9.92. The van der Waals surface area contributed by atoms with E-state index in [1.807, 2.05) is 77.0 Å². The molecular weight excluding hydrogens is 446 g/mol. The van der Waals surface area contributed by atoms with Crippen molar-refractivity contribution in [2.45, 2.75) is 32.0 Å². The molecule has 1 aromatic heterocycles. The Balaban J connectivity index is 1.45. The van der Waals surface area contributed by atoms with Crippen molar-refractivity contribution in [3.05, 3.63) is 48.5 Å². The number of rotatable bonds is 7. The number of nitrogens with one attached hydrogen (secondary N) is 1. The van der Waals surface area contributed by atoms with Crippen LogP contribution < -0.4 is 10.2 Å². The minimum atomic E-state index is -0.105. The number of likely N-dealkylation sites (tertiary alicyclic amines) is 1. The van der Waals surface area contributed by atoms with Crippen LogP contribution in [-0.4, -0.2) is 59.2 Å². The van der Waals surface area contributed by atoms with E-state index in [9.17, 15) is 9.59 Å². The standard InChI is InChI=1S/C26H33N5O2S/c1-18-13-19(2)15-30(14-18)25(33)16-31-23-8-6-5-7-22(23)28-26(31)34-17-24(32)27-20-9-11-21(12-10-20)29(3)4/h5-12,18-19H,13-17H2,1-4H3,(H,27,32)/t18-,19-/m0/s1. The maximum absolute atomic E-state index is 13.2. The van der Waals surface area contributed by atoms with Gasteiger partial charge in [-0.1, -0.05) is 37.7 Å². The third-order valence-electron chi connectivity index (χ3n) is 6.13. The summed E-state index contributed by atoms with van der Waals surface area (Å²) in [4.78, 5) is 34.5. The summed E-state index contributed by atoms with van der Waals surface area (Å²) in [5.41, 5.74) is 3.57. The fraction of sp³-hybridized carbons (Fsp3) is 0.423. The van der Waals surface area contributed by atoms with Gasteiger partial charge < -0.3 is 19.7 Å². The fourth-order valence-corrected chi connectivity index (χ4v) is 5.40. The molecule has 1 aliphatic heterocycles. The second-order valence-electron chi connectivity index (χ2n) is 9.49. The smallest absolute Gasteiger partial charge is 0.242 e. The topological polar surface area (TPSA) is 70.5 Å². The van der Waals surface area contributed by atoms with E-state index in [1.165, 1.54) is 11.8 Å². The first-order chi connectivity index (χ1) is 16.3. The van der Waals surface area contributed by atoms with Gasteiger partial charge in [-0.3, -0.25) is 9.59 Å². The molecule has 1 aliphatic rings. The third-order valence-corrected chi connectivity index (χ3v) is 7.11. The van der Waals surface area contributed by atoms with Crippen LogP contribution in [0.15, 0.2) is 53.7 Å². The third kappa shape index (κ3) is 5.73. The van der Waals surface area contributed by atoms with E-state index in [0.29, 0.717) is 17.0 Å². The molecule has 7 nitrogen and oxygen atoms in total. The van der Waals surface area contributed by atoms with E-state index >= 15 is 0 Å². The van der Waals surface area contributed by atoms with Crippen LogP contribution >= 0.6 is 11.8 Å². The van der Waals surface area contributed by atoms with Gasteiger partial charge in [-0.15, -0.1) is 0 Å². The SMILES string of the molecule is C[C@H]1C[C@H](C)CN(C(=O)Cn2c(SCC(=O)Nc3ccc(N(C)C)cc3)nc3ccccc32)C1. The van der Waals surface area contributed by atoms with Gasteiger partial charge in [-0.05, 0) is 54.7 Å². The van der Waals surface area contributed by atoms with Gasteiger partial charge in [-0.2, -0.15) is 0 Å². The van der Waals surface area contributed by atoms with Crippen molar-refractivity contribution < 1.29 is 9.59 Å². The zero-order valence-corrected chi connectivity index (χ0v) is 21.1. The van der Waals surface area contributed by atoms with E-state index < -0.39 is 0 Å². The average Bonchev–Trinajstić information content (AvgIpc) is 3.14. The lowest BCUT2D eigenvalue weighted by Crippen LogP contribution is -2.44. The number of piperidine rings is 1. The monoisotopic (exact) mass is 479 g/mol. The number of hydrogen-bond donors (Lipinski definition) is 1. The van der Waals surface area contributed by atoms with Gasteiger partial charge in [0.1, 0.15) is 6.54 Å². The van der Waals surface area contributed by atoms with Crippen molar-refractivity contribution in [3.8, 4) is 0 Å². The maximum atomic E-state index is 13.2. The van der Waals surface area contributed by atoms with Gasteiger partial charge in [0.05, 0.1) is 16.8 Å². The minimum Gasteiger partial charge on any atom is -0.378 e. The first-order valence-corrected chi connectivity index (χ1v) is 12.7. The first kappa shape index (κ1) is 24.1. The molecular formula is C26H33N5O2S. The van der Waals surface area contributed by atoms with Crippen LogP contribution in [-0.2, 0) is 16.1 Å². The number of carbonyl (C=O) groups is 2. The molecule has 3 aromatic rings. The van der Waals surface area contributed by atoms with Gasteiger partial charge in [0.25, 0.3) is 0 Å². The Labute approximate surface area is 205 Å². The summed E-state index contributed by atoms with van der Waals surface area (Å²) in [5, 5.41) is 3.63. The summed E-state index contributed by atoms with van der Waals surface area (Å²) in [5.74, 6) is 1.23. The summed E-state index contributed by atoms with van der Waals surface area (Å²) in [6.07, 6.45) is 1.16. The minimum absolute atomic E-state index is 0.105. The van der Waals surface area contributed by atoms with E-state index in [-0.39, 0.29) is 24.1 Å². The molecule has 2 amide bonds. The molecule has 0 radical (unpaired) electrons. The molecule has 2 heterocycles. The van der Waals surface area contributed by atoms with E-state index in [2.05, 4.69) is 19.2 Å². The molecule has 180 valence electrons. The Morgan fingerprint density at radius 3 is 2.41 bits per heavy atom. The Bertz CT molecular complexity index is 1150. The van der Waals surface area contributed by atoms with Crippen LogP contribution in [0.4, 0.5) is 11.4 Å². The van der Waals surface area contributed by atoms with Crippen molar-refractivity contribution >= 4 is 46.0 Å². The Kier molecular flexibility index (Phi) is 7.46. The number of amides is 2. The number of benzene rings is 2. The quantitative estimate of drug-likeness (QED) is 0.511. The molecule has 1 fully saturated rings. The van der Waals surface area contributed by atoms with Gasteiger partial charge in [0.2, 0.25) is 11.8 Å². The summed E-state index contributed by atoms with van der Waals surface area (Å²) in [7, 11) is 3.96. The number of carbonyl (C=O) groups excluding carboxylic acids is 2. The normalized spacial score (nSPS) is 18.2. The van der Waals surface area contributed by atoms with Gasteiger partial charge in [-0.25, -0.2) is 4.98 Å². The van der Waals surface area contributed by atoms with Crippen LogP contribution in [0.3, 0.4) is 0 Å². The highest BCUT2D eigenvalue weighted by atomic mass is 32.2. The number of hydrogen-bond acceptors (Lipinski definition) is 5. The lowest BCUT2D eigenvalue weighted by Gasteiger charge is -2.35. The highest BCUT2D eigenvalue weighted by Gasteiger charge is 2.26. The predicted molar refractivity (Wildman–Crippen MR) is 139 cm³/mol. The van der Waals surface area contributed by atoms with Gasteiger partial charge in [0, 0.05) is 38.6 Å². The molecule has 0 saturated carbocycles. The van der Waals surface area contributed by atoms with E-state index in [0.717, 1.165) is 41.9 Å². The fourth-order valence-electron chi connectivity index (χ4n) is 4.59. The molecule has 1 saturated heterocycles.